The SMILES string of the molecule is CCCOc1c(OC)ccc(Br)c1CNC12CC3CC(C)(CC(C)(C3)C1)C2. The third kappa shape index (κ3) is 3.64. The van der Waals surface area contributed by atoms with E-state index in [0.717, 1.165) is 34.9 Å². The lowest BCUT2D eigenvalue weighted by molar-refractivity contribution is -0.118. The molecule has 4 fully saturated rings. The van der Waals surface area contributed by atoms with Crippen LogP contribution in [0, 0.1) is 16.7 Å². The zero-order valence-corrected chi connectivity index (χ0v) is 18.9. The van der Waals surface area contributed by atoms with Gasteiger partial charge in [-0.2, -0.15) is 0 Å². The fraction of sp³-hybridized carbons (Fsp3) is 0.739. The maximum atomic E-state index is 6.11. The van der Waals surface area contributed by atoms with E-state index in [9.17, 15) is 0 Å². The van der Waals surface area contributed by atoms with Crippen molar-refractivity contribution in [2.24, 2.45) is 16.7 Å². The lowest BCUT2D eigenvalue weighted by Crippen LogP contribution is -2.63. The first-order chi connectivity index (χ1) is 12.8. The molecule has 0 aromatic heterocycles. The molecule has 0 amide bonds. The predicted octanol–water partition coefficient (Wildman–Crippen LogP) is 6.09. The number of hydrogen-bond acceptors (Lipinski definition) is 3. The van der Waals surface area contributed by atoms with Crippen LogP contribution in [0.2, 0.25) is 0 Å². The van der Waals surface area contributed by atoms with Gasteiger partial charge >= 0.3 is 0 Å². The van der Waals surface area contributed by atoms with Crippen LogP contribution in [0.3, 0.4) is 0 Å². The van der Waals surface area contributed by atoms with Crippen molar-refractivity contribution in [3.63, 3.8) is 0 Å². The Labute approximate surface area is 172 Å². The first-order valence-electron chi connectivity index (χ1n) is 10.5. The van der Waals surface area contributed by atoms with E-state index in [1.165, 1.54) is 44.1 Å². The van der Waals surface area contributed by atoms with Crippen molar-refractivity contribution in [3.05, 3.63) is 22.2 Å². The van der Waals surface area contributed by atoms with Gasteiger partial charge < -0.3 is 14.8 Å². The summed E-state index contributed by atoms with van der Waals surface area (Å²) in [5.41, 5.74) is 2.52. The van der Waals surface area contributed by atoms with Crippen molar-refractivity contribution in [1.82, 2.24) is 5.32 Å². The highest BCUT2D eigenvalue weighted by Gasteiger charge is 2.59. The fourth-order valence-corrected chi connectivity index (χ4v) is 7.64. The second-order valence-corrected chi connectivity index (χ2v) is 11.0. The van der Waals surface area contributed by atoms with Gasteiger partial charge in [0.1, 0.15) is 0 Å². The standard InChI is InChI=1S/C23H34BrNO2/c1-5-8-27-20-17(18(24)6-7-19(20)26-4)12-25-23-11-16-9-21(2,14-23)13-22(3,10-16)15-23/h6-7,16,25H,5,8-15H2,1-4H3. The van der Waals surface area contributed by atoms with Gasteiger partial charge in [-0.3, -0.25) is 0 Å². The van der Waals surface area contributed by atoms with E-state index >= 15 is 0 Å². The van der Waals surface area contributed by atoms with Crippen LogP contribution in [0.15, 0.2) is 16.6 Å². The summed E-state index contributed by atoms with van der Waals surface area (Å²) < 4.78 is 12.8. The van der Waals surface area contributed by atoms with E-state index in [-0.39, 0.29) is 5.54 Å². The summed E-state index contributed by atoms with van der Waals surface area (Å²) in [4.78, 5) is 0. The minimum atomic E-state index is 0.285. The van der Waals surface area contributed by atoms with Crippen molar-refractivity contribution >= 4 is 15.9 Å². The van der Waals surface area contributed by atoms with Crippen LogP contribution in [0.4, 0.5) is 0 Å². The first kappa shape index (κ1) is 19.6. The molecule has 4 bridgehead atoms. The molecule has 4 aliphatic rings. The molecule has 1 aromatic carbocycles. The Morgan fingerprint density at radius 3 is 2.41 bits per heavy atom. The predicted molar refractivity (Wildman–Crippen MR) is 113 cm³/mol. The number of hydrogen-bond donors (Lipinski definition) is 1. The molecule has 4 saturated carbocycles. The molecule has 0 heterocycles. The quantitative estimate of drug-likeness (QED) is 0.562. The number of nitrogens with one attached hydrogen (secondary N) is 1. The second-order valence-electron chi connectivity index (χ2n) is 10.2. The van der Waals surface area contributed by atoms with Gasteiger partial charge in [0, 0.05) is 22.1 Å². The normalized spacial score (nSPS) is 36.9. The van der Waals surface area contributed by atoms with Crippen LogP contribution in [0.5, 0.6) is 11.5 Å². The van der Waals surface area contributed by atoms with Crippen molar-refractivity contribution in [2.45, 2.75) is 77.8 Å². The molecular weight excluding hydrogens is 402 g/mol. The molecule has 0 spiro atoms. The van der Waals surface area contributed by atoms with Crippen LogP contribution in [0.1, 0.15) is 71.3 Å². The van der Waals surface area contributed by atoms with Gasteiger partial charge in [-0.15, -0.1) is 0 Å². The van der Waals surface area contributed by atoms with Gasteiger partial charge in [0.2, 0.25) is 0 Å². The van der Waals surface area contributed by atoms with Crippen molar-refractivity contribution in [3.8, 4) is 11.5 Å². The molecular formula is C23H34BrNO2. The zero-order valence-electron chi connectivity index (χ0n) is 17.3. The Bertz CT molecular complexity index is 701. The van der Waals surface area contributed by atoms with Crippen LogP contribution in [0.25, 0.3) is 0 Å². The number of methoxy groups -OCH3 is 1. The third-order valence-corrected chi connectivity index (χ3v) is 7.85. The molecule has 150 valence electrons. The Hall–Kier alpha value is -0.740. The van der Waals surface area contributed by atoms with Crippen molar-refractivity contribution in [1.29, 1.82) is 0 Å². The molecule has 0 aliphatic heterocycles. The minimum absolute atomic E-state index is 0.285. The average Bonchev–Trinajstić information content (AvgIpc) is 2.55. The molecule has 1 N–H and O–H groups in total. The lowest BCUT2D eigenvalue weighted by atomic mass is 9.43. The second kappa shape index (κ2) is 6.95. The van der Waals surface area contributed by atoms with Crippen LogP contribution >= 0.6 is 15.9 Å². The maximum Gasteiger partial charge on any atom is 0.166 e. The van der Waals surface area contributed by atoms with Gasteiger partial charge in [0.05, 0.1) is 13.7 Å². The van der Waals surface area contributed by atoms with Crippen LogP contribution < -0.4 is 14.8 Å². The monoisotopic (exact) mass is 435 g/mol. The minimum Gasteiger partial charge on any atom is -0.493 e. The molecule has 0 radical (unpaired) electrons. The zero-order chi connectivity index (χ0) is 19.3. The lowest BCUT2D eigenvalue weighted by Gasteiger charge is -2.65. The Balaban J connectivity index is 1.59. The summed E-state index contributed by atoms with van der Waals surface area (Å²) in [6.45, 7) is 8.74. The van der Waals surface area contributed by atoms with E-state index in [2.05, 4.69) is 48.1 Å². The van der Waals surface area contributed by atoms with Crippen LogP contribution in [-0.2, 0) is 6.54 Å². The number of halogens is 1. The summed E-state index contributed by atoms with van der Waals surface area (Å²) in [5, 5.41) is 4.04. The van der Waals surface area contributed by atoms with Gasteiger partial charge in [-0.05, 0) is 73.8 Å². The Morgan fingerprint density at radius 2 is 1.81 bits per heavy atom. The first-order valence-corrected chi connectivity index (χ1v) is 11.3. The van der Waals surface area contributed by atoms with Crippen LogP contribution in [-0.4, -0.2) is 19.3 Å². The third-order valence-electron chi connectivity index (χ3n) is 7.10. The molecule has 5 rings (SSSR count). The maximum absolute atomic E-state index is 6.11. The molecule has 2 unspecified atom stereocenters. The van der Waals surface area contributed by atoms with Gasteiger partial charge in [-0.25, -0.2) is 0 Å². The van der Waals surface area contributed by atoms with E-state index in [1.54, 1.807) is 7.11 Å². The van der Waals surface area contributed by atoms with E-state index in [0.29, 0.717) is 17.4 Å². The topological polar surface area (TPSA) is 30.5 Å². The Kier molecular flexibility index (Phi) is 5.04. The highest BCUT2D eigenvalue weighted by atomic mass is 79.9. The Morgan fingerprint density at radius 1 is 1.11 bits per heavy atom. The molecule has 2 atom stereocenters. The van der Waals surface area contributed by atoms with E-state index < -0.39 is 0 Å². The van der Waals surface area contributed by atoms with Gasteiger partial charge in [0.25, 0.3) is 0 Å². The molecule has 4 aliphatic carbocycles. The van der Waals surface area contributed by atoms with Gasteiger partial charge in [0.15, 0.2) is 11.5 Å². The summed E-state index contributed by atoms with van der Waals surface area (Å²) in [6.07, 6.45) is 9.24. The summed E-state index contributed by atoms with van der Waals surface area (Å²) >= 11 is 3.76. The molecule has 1 aromatic rings. The molecule has 3 nitrogen and oxygen atoms in total. The fourth-order valence-electron chi connectivity index (χ4n) is 7.19. The molecule has 4 heteroatoms. The molecule has 0 saturated heterocycles. The number of ether oxygens (including phenoxy) is 2. The van der Waals surface area contributed by atoms with Crippen molar-refractivity contribution in [2.75, 3.05) is 13.7 Å². The van der Waals surface area contributed by atoms with E-state index in [1.807, 2.05) is 6.07 Å². The molecule has 27 heavy (non-hydrogen) atoms. The van der Waals surface area contributed by atoms with E-state index in [4.69, 9.17) is 9.47 Å². The highest BCUT2D eigenvalue weighted by Crippen LogP contribution is 2.66. The average molecular weight is 436 g/mol. The van der Waals surface area contributed by atoms with Crippen molar-refractivity contribution < 1.29 is 9.47 Å². The number of benzene rings is 1. The smallest absolute Gasteiger partial charge is 0.166 e. The summed E-state index contributed by atoms with van der Waals surface area (Å²) in [5.74, 6) is 2.62. The highest BCUT2D eigenvalue weighted by molar-refractivity contribution is 9.10. The largest absolute Gasteiger partial charge is 0.493 e. The van der Waals surface area contributed by atoms with Gasteiger partial charge in [-0.1, -0.05) is 36.7 Å². The summed E-state index contributed by atoms with van der Waals surface area (Å²) in [7, 11) is 1.72. The number of rotatable bonds is 7. The summed E-state index contributed by atoms with van der Waals surface area (Å²) in [6, 6.07) is 4.07.